The van der Waals surface area contributed by atoms with E-state index in [1.165, 1.54) is 31.2 Å². The van der Waals surface area contributed by atoms with E-state index in [4.69, 9.17) is 21.1 Å². The van der Waals surface area contributed by atoms with Gasteiger partial charge in [0.15, 0.2) is 0 Å². The van der Waals surface area contributed by atoms with Gasteiger partial charge in [-0.2, -0.15) is 0 Å². The summed E-state index contributed by atoms with van der Waals surface area (Å²) < 4.78 is 0. The van der Waals surface area contributed by atoms with Crippen LogP contribution in [-0.4, -0.2) is 80.2 Å². The molecule has 0 radical (unpaired) electrons. The van der Waals surface area contributed by atoms with E-state index < -0.39 is 72.6 Å². The van der Waals surface area contributed by atoms with Crippen molar-refractivity contribution in [2.45, 2.75) is 56.8 Å². The average molecular weight is 496 g/mol. The van der Waals surface area contributed by atoms with E-state index in [9.17, 15) is 33.9 Å². The van der Waals surface area contributed by atoms with Crippen molar-refractivity contribution in [3.8, 4) is 5.75 Å². The maximum absolute atomic E-state index is 12.8. The second-order valence-corrected chi connectivity index (χ2v) is 7.70. The Bertz CT molecular complexity index is 950. The van der Waals surface area contributed by atoms with Crippen LogP contribution < -0.4 is 21.7 Å². The molecule has 192 valence electrons. The van der Waals surface area contributed by atoms with Crippen molar-refractivity contribution < 1.29 is 49.2 Å². The minimum atomic E-state index is -1.66. The molecule has 0 saturated carbocycles. The van der Waals surface area contributed by atoms with Gasteiger partial charge in [0.2, 0.25) is 17.7 Å². The number of aliphatic carboxylic acids is 3. The van der Waals surface area contributed by atoms with Crippen molar-refractivity contribution in [3.05, 3.63) is 29.8 Å². The number of carboxylic acid groups (broad SMARTS) is 3. The van der Waals surface area contributed by atoms with Gasteiger partial charge in [0.25, 0.3) is 0 Å². The number of phenols is 1. The molecule has 0 aliphatic heterocycles. The van der Waals surface area contributed by atoms with Crippen LogP contribution in [0.15, 0.2) is 24.3 Å². The maximum Gasteiger partial charge on any atom is 0.325 e. The number of nitrogens with one attached hydrogen (secondary N) is 3. The lowest BCUT2D eigenvalue weighted by atomic mass is 10.0. The van der Waals surface area contributed by atoms with Gasteiger partial charge >= 0.3 is 17.9 Å². The molecule has 9 N–H and O–H groups in total. The number of hydrogen-bond donors (Lipinski definition) is 8. The first kappa shape index (κ1) is 28.8. The number of carbonyl (C=O) groups is 6. The topological polar surface area (TPSA) is 245 Å². The molecule has 1 rings (SSSR count). The fourth-order valence-corrected chi connectivity index (χ4v) is 2.80. The van der Waals surface area contributed by atoms with Crippen molar-refractivity contribution in [2.75, 3.05) is 0 Å². The first-order chi connectivity index (χ1) is 16.3. The number of rotatable bonds is 14. The van der Waals surface area contributed by atoms with E-state index in [0.717, 1.165) is 0 Å². The van der Waals surface area contributed by atoms with E-state index >= 15 is 0 Å². The monoisotopic (exact) mass is 496 g/mol. The number of carboxylic acids is 3. The lowest BCUT2D eigenvalue weighted by Gasteiger charge is -2.24. The molecule has 0 bridgehead atoms. The van der Waals surface area contributed by atoms with Crippen molar-refractivity contribution in [2.24, 2.45) is 5.73 Å². The molecule has 0 aliphatic carbocycles. The summed E-state index contributed by atoms with van der Waals surface area (Å²) in [6.45, 7) is 1.20. The Hall–Kier alpha value is -4.20. The van der Waals surface area contributed by atoms with Gasteiger partial charge in [0.1, 0.15) is 23.9 Å². The molecule has 0 spiro atoms. The molecule has 0 aliphatic rings. The Morgan fingerprint density at radius 1 is 0.829 bits per heavy atom. The SMILES string of the molecule is CC(NC(=O)C(Cc1ccc(O)cc1)NC(=O)C(CC(=O)O)NC(=O)C(N)CCC(=O)O)C(=O)O. The molecule has 1 aromatic rings. The summed E-state index contributed by atoms with van der Waals surface area (Å²) in [6.07, 6.45) is -1.72. The number of hydrogen-bond acceptors (Lipinski definition) is 8. The maximum atomic E-state index is 12.8. The number of benzene rings is 1. The Balaban J connectivity index is 3.06. The Labute approximate surface area is 199 Å². The highest BCUT2D eigenvalue weighted by Gasteiger charge is 2.31. The quantitative estimate of drug-likeness (QED) is 0.142. The van der Waals surface area contributed by atoms with E-state index in [1.807, 2.05) is 0 Å². The van der Waals surface area contributed by atoms with Crippen LogP contribution in [0.4, 0.5) is 0 Å². The molecule has 1 aromatic carbocycles. The summed E-state index contributed by atoms with van der Waals surface area (Å²) in [5.74, 6) is -6.96. The Kier molecular flexibility index (Phi) is 11.1. The number of phenolic OH excluding ortho intramolecular Hbond substituents is 1. The molecule has 0 aromatic heterocycles. The van der Waals surface area contributed by atoms with Crippen LogP contribution in [0.3, 0.4) is 0 Å². The summed E-state index contributed by atoms with van der Waals surface area (Å²) in [4.78, 5) is 70.7. The first-order valence-corrected chi connectivity index (χ1v) is 10.4. The molecule has 14 heteroatoms. The molecule has 0 heterocycles. The first-order valence-electron chi connectivity index (χ1n) is 10.4. The Morgan fingerprint density at radius 2 is 1.37 bits per heavy atom. The minimum Gasteiger partial charge on any atom is -0.508 e. The van der Waals surface area contributed by atoms with Crippen LogP contribution in [-0.2, 0) is 35.2 Å². The number of carbonyl (C=O) groups excluding carboxylic acids is 3. The van der Waals surface area contributed by atoms with Gasteiger partial charge < -0.3 is 42.1 Å². The van der Waals surface area contributed by atoms with Crippen LogP contribution in [0.1, 0.15) is 31.7 Å². The summed E-state index contributed by atoms with van der Waals surface area (Å²) >= 11 is 0. The van der Waals surface area contributed by atoms with Crippen LogP contribution in [0.2, 0.25) is 0 Å². The van der Waals surface area contributed by atoms with Crippen molar-refractivity contribution in [1.82, 2.24) is 16.0 Å². The fourth-order valence-electron chi connectivity index (χ4n) is 2.80. The molecule has 4 atom stereocenters. The van der Waals surface area contributed by atoms with Gasteiger partial charge in [-0.15, -0.1) is 0 Å². The van der Waals surface area contributed by atoms with Gasteiger partial charge in [0, 0.05) is 12.8 Å². The van der Waals surface area contributed by atoms with Gasteiger partial charge in [-0.25, -0.2) is 0 Å². The van der Waals surface area contributed by atoms with Crippen LogP contribution in [0.25, 0.3) is 0 Å². The third-order valence-corrected chi connectivity index (χ3v) is 4.76. The Morgan fingerprint density at radius 3 is 1.89 bits per heavy atom. The van der Waals surface area contributed by atoms with Gasteiger partial charge in [-0.05, 0) is 31.0 Å². The molecule has 35 heavy (non-hydrogen) atoms. The minimum absolute atomic E-state index is 0.0539. The molecule has 4 unspecified atom stereocenters. The second-order valence-electron chi connectivity index (χ2n) is 7.70. The van der Waals surface area contributed by atoms with Crippen LogP contribution in [0.5, 0.6) is 5.75 Å². The second kappa shape index (κ2) is 13.5. The van der Waals surface area contributed by atoms with Gasteiger partial charge in [-0.3, -0.25) is 28.8 Å². The summed E-state index contributed by atoms with van der Waals surface area (Å²) in [6, 6.07) is -0.0896. The van der Waals surface area contributed by atoms with E-state index in [1.54, 1.807) is 0 Å². The van der Waals surface area contributed by atoms with E-state index in [0.29, 0.717) is 5.56 Å². The zero-order chi connectivity index (χ0) is 26.7. The molecule has 3 amide bonds. The third-order valence-electron chi connectivity index (χ3n) is 4.76. The smallest absolute Gasteiger partial charge is 0.325 e. The summed E-state index contributed by atoms with van der Waals surface area (Å²) in [5.41, 5.74) is 6.07. The van der Waals surface area contributed by atoms with Gasteiger partial charge in [-0.1, -0.05) is 12.1 Å². The highest BCUT2D eigenvalue weighted by Crippen LogP contribution is 2.12. The average Bonchev–Trinajstić information content (AvgIpc) is 2.77. The van der Waals surface area contributed by atoms with Crippen molar-refractivity contribution >= 4 is 35.6 Å². The zero-order valence-corrected chi connectivity index (χ0v) is 18.8. The van der Waals surface area contributed by atoms with Crippen LogP contribution >= 0.6 is 0 Å². The highest BCUT2D eigenvalue weighted by atomic mass is 16.4. The predicted molar refractivity (Wildman–Crippen MR) is 118 cm³/mol. The predicted octanol–water partition coefficient (Wildman–Crippen LogP) is -1.84. The summed E-state index contributed by atoms with van der Waals surface area (Å²) in [5, 5.41) is 42.9. The van der Waals surface area contributed by atoms with Crippen molar-refractivity contribution in [3.63, 3.8) is 0 Å². The standard InChI is InChI=1S/C21H28N4O10/c1-10(21(34)35)23-19(32)14(8-11-2-4-12(26)5-3-11)25-20(33)15(9-17(29)30)24-18(31)13(22)6-7-16(27)28/h2-5,10,13-15,26H,6-9,22H2,1H3,(H,23,32)(H,24,31)(H,25,33)(H,27,28)(H,29,30)(H,34,35). The normalized spacial score (nSPS) is 14.0. The molecule has 0 fully saturated rings. The molecule has 0 saturated heterocycles. The number of aromatic hydroxyl groups is 1. The largest absolute Gasteiger partial charge is 0.508 e. The number of nitrogens with two attached hydrogens (primary N) is 1. The van der Waals surface area contributed by atoms with Crippen molar-refractivity contribution in [1.29, 1.82) is 0 Å². The highest BCUT2D eigenvalue weighted by molar-refractivity contribution is 5.95. The lowest BCUT2D eigenvalue weighted by Crippen LogP contribution is -2.57. The van der Waals surface area contributed by atoms with Crippen LogP contribution in [0, 0.1) is 0 Å². The fraction of sp³-hybridized carbons (Fsp3) is 0.429. The van der Waals surface area contributed by atoms with E-state index in [-0.39, 0.29) is 18.6 Å². The zero-order valence-electron chi connectivity index (χ0n) is 18.8. The third kappa shape index (κ3) is 10.5. The van der Waals surface area contributed by atoms with Gasteiger partial charge in [0.05, 0.1) is 12.5 Å². The molecule has 14 nitrogen and oxygen atoms in total. The molecular formula is C21H28N4O10. The molecular weight excluding hydrogens is 468 g/mol. The number of amides is 3. The summed E-state index contributed by atoms with van der Waals surface area (Å²) in [7, 11) is 0. The van der Waals surface area contributed by atoms with E-state index in [2.05, 4.69) is 16.0 Å². The lowest BCUT2D eigenvalue weighted by molar-refractivity contribution is -0.143.